The fourth-order valence-electron chi connectivity index (χ4n) is 3.28. The van der Waals surface area contributed by atoms with Crippen molar-refractivity contribution in [3.05, 3.63) is 65.2 Å². The number of halogens is 1. The lowest BCUT2D eigenvalue weighted by Crippen LogP contribution is -2.46. The van der Waals surface area contributed by atoms with Crippen molar-refractivity contribution < 1.29 is 14.0 Å². The fourth-order valence-corrected chi connectivity index (χ4v) is 3.28. The minimum Gasteiger partial charge on any atom is -0.353 e. The van der Waals surface area contributed by atoms with Gasteiger partial charge in [0.1, 0.15) is 5.82 Å². The molecule has 2 amide bonds. The van der Waals surface area contributed by atoms with Gasteiger partial charge in [-0.15, -0.1) is 0 Å². The molecule has 6 heteroatoms. The van der Waals surface area contributed by atoms with E-state index in [1.54, 1.807) is 23.4 Å². The van der Waals surface area contributed by atoms with Crippen molar-refractivity contribution in [1.82, 2.24) is 15.2 Å². The summed E-state index contributed by atoms with van der Waals surface area (Å²) in [6.45, 7) is 2.73. The number of carbonyl (C=O) groups excluding carboxylic acids is 2. The van der Waals surface area contributed by atoms with Crippen molar-refractivity contribution in [2.45, 2.75) is 32.2 Å². The zero-order chi connectivity index (χ0) is 18.5. The van der Waals surface area contributed by atoms with E-state index in [9.17, 15) is 14.0 Å². The predicted molar refractivity (Wildman–Crippen MR) is 96.2 cm³/mol. The highest BCUT2D eigenvalue weighted by atomic mass is 19.1. The molecule has 0 saturated carbocycles. The first-order valence-corrected chi connectivity index (χ1v) is 8.76. The van der Waals surface area contributed by atoms with Crippen LogP contribution in [-0.4, -0.2) is 40.8 Å². The molecular formula is C20H22FN3O2. The maximum Gasteiger partial charge on any atom is 0.255 e. The maximum absolute atomic E-state index is 13.3. The summed E-state index contributed by atoms with van der Waals surface area (Å²) in [4.78, 5) is 29.8. The van der Waals surface area contributed by atoms with Gasteiger partial charge in [-0.2, -0.15) is 0 Å². The van der Waals surface area contributed by atoms with Gasteiger partial charge in [-0.25, -0.2) is 4.39 Å². The first-order chi connectivity index (χ1) is 12.5. The van der Waals surface area contributed by atoms with Crippen LogP contribution in [-0.2, 0) is 11.2 Å². The molecule has 1 aromatic heterocycles. The molecule has 1 aliphatic heterocycles. The second-order valence-electron chi connectivity index (χ2n) is 6.66. The normalized spacial score (nSPS) is 14.9. The second kappa shape index (κ2) is 8.08. The smallest absolute Gasteiger partial charge is 0.255 e. The molecule has 0 aliphatic carbocycles. The Kier molecular flexibility index (Phi) is 5.61. The average molecular weight is 355 g/mol. The molecule has 136 valence electrons. The molecule has 0 unspecified atom stereocenters. The summed E-state index contributed by atoms with van der Waals surface area (Å²) in [6.07, 6.45) is 5.29. The lowest BCUT2D eigenvalue weighted by atomic mass is 10.0. The van der Waals surface area contributed by atoms with E-state index in [1.165, 1.54) is 19.1 Å². The average Bonchev–Trinajstić information content (AvgIpc) is 2.61. The summed E-state index contributed by atoms with van der Waals surface area (Å²) in [6, 6.07) is 8.37. The molecule has 26 heavy (non-hydrogen) atoms. The van der Waals surface area contributed by atoms with E-state index in [0.29, 0.717) is 25.1 Å². The first-order valence-electron chi connectivity index (χ1n) is 8.76. The van der Waals surface area contributed by atoms with Crippen LogP contribution in [0, 0.1) is 5.82 Å². The highest BCUT2D eigenvalue weighted by molar-refractivity contribution is 5.94. The molecule has 3 rings (SSSR count). The van der Waals surface area contributed by atoms with Crippen molar-refractivity contribution in [1.29, 1.82) is 0 Å². The van der Waals surface area contributed by atoms with Crippen LogP contribution in [0.2, 0.25) is 0 Å². The number of pyridine rings is 1. The molecule has 2 aromatic rings. The monoisotopic (exact) mass is 355 g/mol. The molecule has 5 nitrogen and oxygen atoms in total. The number of benzene rings is 1. The number of nitrogens with zero attached hydrogens (tertiary/aromatic N) is 2. The van der Waals surface area contributed by atoms with Crippen molar-refractivity contribution in [2.24, 2.45) is 0 Å². The molecule has 1 aromatic carbocycles. The summed E-state index contributed by atoms with van der Waals surface area (Å²) in [7, 11) is 0. The van der Waals surface area contributed by atoms with Crippen molar-refractivity contribution >= 4 is 11.8 Å². The first kappa shape index (κ1) is 18.0. The van der Waals surface area contributed by atoms with Gasteiger partial charge in [0.25, 0.3) is 5.91 Å². The van der Waals surface area contributed by atoms with Gasteiger partial charge < -0.3 is 10.2 Å². The number of hydrogen-bond acceptors (Lipinski definition) is 3. The summed E-state index contributed by atoms with van der Waals surface area (Å²) in [5, 5.41) is 2.90. The van der Waals surface area contributed by atoms with Gasteiger partial charge in [-0.1, -0.05) is 12.1 Å². The predicted octanol–water partition coefficient (Wildman–Crippen LogP) is 2.55. The molecule has 0 atom stereocenters. The van der Waals surface area contributed by atoms with Crippen molar-refractivity contribution in [3.8, 4) is 0 Å². The van der Waals surface area contributed by atoms with Crippen LogP contribution >= 0.6 is 0 Å². The van der Waals surface area contributed by atoms with E-state index >= 15 is 0 Å². The van der Waals surface area contributed by atoms with Crippen LogP contribution in [0.1, 0.15) is 41.3 Å². The van der Waals surface area contributed by atoms with Gasteiger partial charge in [0.05, 0.1) is 5.56 Å². The third kappa shape index (κ3) is 4.65. The van der Waals surface area contributed by atoms with Gasteiger partial charge in [0.2, 0.25) is 5.91 Å². The molecular weight excluding hydrogens is 333 g/mol. The highest BCUT2D eigenvalue weighted by Crippen LogP contribution is 2.16. The Labute approximate surface area is 152 Å². The van der Waals surface area contributed by atoms with E-state index in [-0.39, 0.29) is 23.7 Å². The summed E-state index contributed by atoms with van der Waals surface area (Å²) in [5.74, 6) is -0.367. The molecule has 0 radical (unpaired) electrons. The number of rotatable bonds is 4. The van der Waals surface area contributed by atoms with Crippen LogP contribution < -0.4 is 5.32 Å². The third-order valence-electron chi connectivity index (χ3n) is 4.53. The summed E-state index contributed by atoms with van der Waals surface area (Å²) >= 11 is 0. The van der Waals surface area contributed by atoms with Crippen LogP contribution in [0.15, 0.2) is 42.7 Å². The Hall–Kier alpha value is -2.76. The topological polar surface area (TPSA) is 62.3 Å². The Morgan fingerprint density at radius 1 is 1.19 bits per heavy atom. The number of amides is 2. The van der Waals surface area contributed by atoms with Crippen LogP contribution in [0.5, 0.6) is 0 Å². The largest absolute Gasteiger partial charge is 0.353 e. The van der Waals surface area contributed by atoms with E-state index < -0.39 is 0 Å². The molecule has 0 bridgehead atoms. The van der Waals surface area contributed by atoms with Gasteiger partial charge in [-0.05, 0) is 48.6 Å². The lowest BCUT2D eigenvalue weighted by molar-refractivity contribution is -0.119. The number of carbonyl (C=O) groups is 2. The van der Waals surface area contributed by atoms with Gasteiger partial charge in [0, 0.05) is 38.4 Å². The zero-order valence-electron chi connectivity index (χ0n) is 14.7. The quantitative estimate of drug-likeness (QED) is 0.917. The molecule has 1 N–H and O–H groups in total. The van der Waals surface area contributed by atoms with Crippen LogP contribution in [0.4, 0.5) is 4.39 Å². The minimum absolute atomic E-state index is 0.0379. The number of nitrogens with one attached hydrogen (secondary N) is 1. The Morgan fingerprint density at radius 2 is 1.96 bits per heavy atom. The van der Waals surface area contributed by atoms with Crippen molar-refractivity contribution in [2.75, 3.05) is 13.1 Å². The molecule has 1 saturated heterocycles. The molecule has 1 aliphatic rings. The number of hydrogen-bond donors (Lipinski definition) is 1. The molecule has 1 fully saturated rings. The van der Waals surface area contributed by atoms with Crippen molar-refractivity contribution in [3.63, 3.8) is 0 Å². The Bertz CT molecular complexity index is 801. The summed E-state index contributed by atoms with van der Waals surface area (Å²) < 4.78 is 13.3. The number of likely N-dealkylation sites (tertiary alicyclic amines) is 1. The van der Waals surface area contributed by atoms with Crippen LogP contribution in [0.3, 0.4) is 0 Å². The Balaban J connectivity index is 1.64. The Morgan fingerprint density at radius 3 is 2.65 bits per heavy atom. The molecule has 0 spiro atoms. The fraction of sp³-hybridized carbons (Fsp3) is 0.350. The van der Waals surface area contributed by atoms with E-state index in [2.05, 4.69) is 10.3 Å². The SMILES string of the molecule is CC(=O)NC1CCN(C(=O)c2cncc(Cc3cccc(F)c3)c2)CC1. The lowest BCUT2D eigenvalue weighted by Gasteiger charge is -2.32. The van der Waals surface area contributed by atoms with Gasteiger partial charge in [0.15, 0.2) is 0 Å². The highest BCUT2D eigenvalue weighted by Gasteiger charge is 2.24. The maximum atomic E-state index is 13.3. The standard InChI is InChI=1S/C20H22FN3O2/c1-14(25)23-19-5-7-24(8-6-19)20(26)17-10-16(12-22-13-17)9-15-3-2-4-18(21)11-15/h2-4,10-13,19H,5-9H2,1H3,(H,23,25). The second-order valence-corrected chi connectivity index (χ2v) is 6.66. The minimum atomic E-state index is -0.273. The molecule has 2 heterocycles. The third-order valence-corrected chi connectivity index (χ3v) is 4.53. The van der Waals surface area contributed by atoms with E-state index in [1.807, 2.05) is 12.1 Å². The van der Waals surface area contributed by atoms with Gasteiger partial charge in [-0.3, -0.25) is 14.6 Å². The zero-order valence-corrected chi connectivity index (χ0v) is 14.7. The summed E-state index contributed by atoms with van der Waals surface area (Å²) in [5.41, 5.74) is 2.25. The number of aromatic nitrogens is 1. The van der Waals surface area contributed by atoms with Crippen LogP contribution in [0.25, 0.3) is 0 Å². The van der Waals surface area contributed by atoms with E-state index in [4.69, 9.17) is 0 Å². The van der Waals surface area contributed by atoms with Gasteiger partial charge >= 0.3 is 0 Å². The number of piperidine rings is 1. The van der Waals surface area contributed by atoms with E-state index in [0.717, 1.165) is 24.0 Å².